The lowest BCUT2D eigenvalue weighted by Gasteiger charge is -2.10. The van der Waals surface area contributed by atoms with Crippen molar-refractivity contribution in [3.8, 4) is 5.69 Å². The van der Waals surface area contributed by atoms with E-state index >= 15 is 0 Å². The van der Waals surface area contributed by atoms with E-state index in [9.17, 15) is 22.4 Å². The van der Waals surface area contributed by atoms with Gasteiger partial charge in [0.1, 0.15) is 22.4 Å². The number of hydrogen-bond donors (Lipinski definition) is 2. The van der Waals surface area contributed by atoms with Crippen molar-refractivity contribution in [3.05, 3.63) is 59.4 Å². The van der Waals surface area contributed by atoms with Crippen LogP contribution in [0, 0.1) is 12.7 Å². The zero-order chi connectivity index (χ0) is 21.7. The smallest absolute Gasteiger partial charge is 0.321 e. The van der Waals surface area contributed by atoms with E-state index in [0.29, 0.717) is 17.2 Å². The molecule has 0 atom stereocenters. The van der Waals surface area contributed by atoms with Gasteiger partial charge in [-0.15, -0.1) is 11.3 Å². The van der Waals surface area contributed by atoms with Crippen molar-refractivity contribution in [3.63, 3.8) is 0 Å². The number of nitrogens with one attached hydrogen (secondary N) is 2. The number of ether oxygens (including phenoxy) is 1. The number of carbonyl (C=O) groups excluding carboxylic acids is 2. The van der Waals surface area contributed by atoms with Crippen molar-refractivity contribution in [1.29, 1.82) is 0 Å². The van der Waals surface area contributed by atoms with Crippen LogP contribution in [-0.2, 0) is 24.3 Å². The van der Waals surface area contributed by atoms with Gasteiger partial charge in [0.2, 0.25) is 0 Å². The van der Waals surface area contributed by atoms with Crippen LogP contribution in [0.1, 0.15) is 5.69 Å². The predicted octanol–water partition coefficient (Wildman–Crippen LogP) is 1.84. The van der Waals surface area contributed by atoms with E-state index in [-0.39, 0.29) is 4.21 Å². The monoisotopic (exact) mass is 452 g/mol. The Morgan fingerprint density at radius 1 is 1.23 bits per heavy atom. The number of aryl methyl sites for hydroxylation is 1. The Morgan fingerprint density at radius 2 is 1.97 bits per heavy atom. The molecule has 0 unspecified atom stereocenters. The third-order valence-corrected chi connectivity index (χ3v) is 6.50. The Balaban J connectivity index is 1.54. The van der Waals surface area contributed by atoms with Gasteiger partial charge in [0.25, 0.3) is 15.9 Å². The molecule has 0 spiro atoms. The van der Waals surface area contributed by atoms with Crippen molar-refractivity contribution < 1.29 is 27.1 Å². The molecule has 0 saturated carbocycles. The van der Waals surface area contributed by atoms with Gasteiger partial charge in [-0.1, -0.05) is 6.07 Å². The number of amides is 1. The molecule has 0 bridgehead atoms. The fourth-order valence-electron chi connectivity index (χ4n) is 2.39. The fraction of sp³-hybridized carbons (Fsp3) is 0.167. The van der Waals surface area contributed by atoms with E-state index < -0.39 is 40.9 Å². The lowest BCUT2D eigenvalue weighted by molar-refractivity contribution is -0.146. The summed E-state index contributed by atoms with van der Waals surface area (Å²) in [4.78, 5) is 23.9. The molecule has 12 heteroatoms. The lowest BCUT2D eigenvalue weighted by atomic mass is 10.3. The van der Waals surface area contributed by atoms with E-state index in [4.69, 9.17) is 4.74 Å². The molecule has 0 aliphatic heterocycles. The Hall–Kier alpha value is -3.09. The molecule has 0 fully saturated rings. The Bertz CT molecular complexity index is 1140. The van der Waals surface area contributed by atoms with Gasteiger partial charge in [0, 0.05) is 6.07 Å². The minimum Gasteiger partial charge on any atom is -0.455 e. The summed E-state index contributed by atoms with van der Waals surface area (Å²) >= 11 is 1.01. The van der Waals surface area contributed by atoms with Gasteiger partial charge in [0.15, 0.2) is 6.61 Å². The number of hydrogen-bond acceptors (Lipinski definition) is 7. The van der Waals surface area contributed by atoms with Crippen LogP contribution in [0.4, 0.5) is 10.2 Å². The molecule has 0 aliphatic carbocycles. The Labute approximate surface area is 175 Å². The molecule has 0 radical (unpaired) electrons. The molecule has 1 amide bonds. The molecule has 30 heavy (non-hydrogen) atoms. The number of esters is 1. The summed E-state index contributed by atoms with van der Waals surface area (Å²) in [5.74, 6) is -1.66. The Morgan fingerprint density at radius 3 is 2.63 bits per heavy atom. The molecule has 1 aromatic carbocycles. The van der Waals surface area contributed by atoms with Gasteiger partial charge >= 0.3 is 5.97 Å². The van der Waals surface area contributed by atoms with E-state index in [1.165, 1.54) is 35.0 Å². The highest BCUT2D eigenvalue weighted by Gasteiger charge is 2.18. The lowest BCUT2D eigenvalue weighted by Crippen LogP contribution is -2.32. The van der Waals surface area contributed by atoms with Crippen LogP contribution in [0.5, 0.6) is 0 Å². The largest absolute Gasteiger partial charge is 0.455 e. The van der Waals surface area contributed by atoms with Gasteiger partial charge in [-0.25, -0.2) is 17.5 Å². The second-order valence-electron chi connectivity index (χ2n) is 6.02. The second-order valence-corrected chi connectivity index (χ2v) is 8.97. The number of rotatable bonds is 8. The molecule has 2 aromatic heterocycles. The molecule has 3 rings (SSSR count). The van der Waals surface area contributed by atoms with Gasteiger partial charge < -0.3 is 10.1 Å². The SMILES string of the molecule is Cc1cc(NC(=O)COC(=O)CNS(=O)(=O)c2cccs2)n(-c2ccc(F)cc2)n1. The van der Waals surface area contributed by atoms with Crippen molar-refractivity contribution in [2.45, 2.75) is 11.1 Å². The molecular weight excluding hydrogens is 435 g/mol. The molecule has 3 aromatic rings. The van der Waals surface area contributed by atoms with Crippen molar-refractivity contribution in [2.24, 2.45) is 0 Å². The van der Waals surface area contributed by atoms with E-state index in [1.54, 1.807) is 24.4 Å². The highest BCUT2D eigenvalue weighted by molar-refractivity contribution is 7.91. The molecule has 0 saturated heterocycles. The quantitative estimate of drug-likeness (QED) is 0.504. The molecule has 158 valence electrons. The molecule has 2 N–H and O–H groups in total. The average Bonchev–Trinajstić information content (AvgIpc) is 3.36. The maximum Gasteiger partial charge on any atom is 0.321 e. The first kappa shape index (κ1) is 21.6. The standard InChI is InChI=1S/C18H17FN4O5S2/c1-12-9-15(23(22-12)14-6-4-13(19)5-7-14)21-16(24)11-28-17(25)10-20-30(26,27)18-3-2-8-29-18/h2-9,20H,10-11H2,1H3,(H,21,24). The van der Waals surface area contributed by atoms with Crippen LogP contribution in [0.2, 0.25) is 0 Å². The second kappa shape index (κ2) is 9.15. The first-order chi connectivity index (χ1) is 14.2. The summed E-state index contributed by atoms with van der Waals surface area (Å²) < 4.78 is 45.4. The van der Waals surface area contributed by atoms with Crippen molar-refractivity contribution in [1.82, 2.24) is 14.5 Å². The minimum atomic E-state index is -3.81. The average molecular weight is 452 g/mol. The summed E-state index contributed by atoms with van der Waals surface area (Å²) in [6.07, 6.45) is 0. The van der Waals surface area contributed by atoms with Crippen LogP contribution >= 0.6 is 11.3 Å². The first-order valence-electron chi connectivity index (χ1n) is 8.56. The van der Waals surface area contributed by atoms with Gasteiger partial charge in [-0.05, 0) is 42.6 Å². The van der Waals surface area contributed by atoms with Gasteiger partial charge in [-0.2, -0.15) is 9.82 Å². The van der Waals surface area contributed by atoms with Crippen LogP contribution in [-0.4, -0.2) is 43.2 Å². The maximum absolute atomic E-state index is 13.1. The van der Waals surface area contributed by atoms with Crippen LogP contribution in [0.25, 0.3) is 5.69 Å². The first-order valence-corrected chi connectivity index (χ1v) is 10.9. The molecule has 2 heterocycles. The number of thiophene rings is 1. The van der Waals surface area contributed by atoms with E-state index in [1.807, 2.05) is 0 Å². The summed E-state index contributed by atoms with van der Waals surface area (Å²) in [6, 6.07) is 10.1. The highest BCUT2D eigenvalue weighted by Crippen LogP contribution is 2.18. The van der Waals surface area contributed by atoms with Gasteiger partial charge in [0.05, 0.1) is 11.4 Å². The fourth-order valence-corrected chi connectivity index (χ4v) is 4.39. The number of anilines is 1. The van der Waals surface area contributed by atoms with E-state index in [0.717, 1.165) is 11.3 Å². The number of benzene rings is 1. The summed E-state index contributed by atoms with van der Waals surface area (Å²) in [6.45, 7) is 0.489. The Kier molecular flexibility index (Phi) is 6.59. The van der Waals surface area contributed by atoms with Crippen molar-refractivity contribution >= 4 is 39.1 Å². The van der Waals surface area contributed by atoms with Crippen LogP contribution < -0.4 is 10.0 Å². The van der Waals surface area contributed by atoms with Gasteiger partial charge in [-0.3, -0.25) is 9.59 Å². The third kappa shape index (κ3) is 5.49. The number of halogens is 1. The third-order valence-electron chi connectivity index (χ3n) is 3.70. The zero-order valence-electron chi connectivity index (χ0n) is 15.7. The normalized spacial score (nSPS) is 11.3. The van der Waals surface area contributed by atoms with Crippen molar-refractivity contribution in [2.75, 3.05) is 18.5 Å². The zero-order valence-corrected chi connectivity index (χ0v) is 17.3. The highest BCUT2D eigenvalue weighted by atomic mass is 32.2. The maximum atomic E-state index is 13.1. The molecular formula is C18H17FN4O5S2. The summed E-state index contributed by atoms with van der Waals surface area (Å²) in [5.41, 5.74) is 1.13. The molecule has 0 aliphatic rings. The van der Waals surface area contributed by atoms with E-state index in [2.05, 4.69) is 15.1 Å². The summed E-state index contributed by atoms with van der Waals surface area (Å²) in [5, 5.41) is 8.38. The summed E-state index contributed by atoms with van der Waals surface area (Å²) in [7, 11) is -3.81. The number of nitrogens with zero attached hydrogens (tertiary/aromatic N) is 2. The van der Waals surface area contributed by atoms with Crippen LogP contribution in [0.15, 0.2) is 52.1 Å². The molecule has 9 nitrogen and oxygen atoms in total. The number of sulfonamides is 1. The van der Waals surface area contributed by atoms with Crippen LogP contribution in [0.3, 0.4) is 0 Å². The number of aromatic nitrogens is 2. The minimum absolute atomic E-state index is 0.0671. The predicted molar refractivity (Wildman–Crippen MR) is 107 cm³/mol. The topological polar surface area (TPSA) is 119 Å². The number of carbonyl (C=O) groups is 2.